The van der Waals surface area contributed by atoms with E-state index in [4.69, 9.17) is 4.74 Å². The molecule has 2 aliphatic carbocycles. The van der Waals surface area contributed by atoms with Crippen LogP contribution in [0.3, 0.4) is 0 Å². The SMILES string of the molecule is COC(=O)[C@H]1CC[C@@H](NC(=O)NC2CC2)C1. The highest BCUT2D eigenvalue weighted by Crippen LogP contribution is 2.26. The molecule has 0 aromatic heterocycles. The molecule has 2 atom stereocenters. The zero-order chi connectivity index (χ0) is 11.5. The molecule has 2 saturated carbocycles. The second-order valence-electron chi connectivity index (χ2n) is 4.62. The first-order valence-corrected chi connectivity index (χ1v) is 5.84. The van der Waals surface area contributed by atoms with Gasteiger partial charge in [-0.05, 0) is 32.1 Å². The summed E-state index contributed by atoms with van der Waals surface area (Å²) in [5, 5.41) is 5.77. The van der Waals surface area contributed by atoms with Crippen LogP contribution in [0.5, 0.6) is 0 Å². The smallest absolute Gasteiger partial charge is 0.315 e. The molecule has 2 rings (SSSR count). The van der Waals surface area contributed by atoms with E-state index in [0.717, 1.165) is 25.7 Å². The Morgan fingerprint density at radius 3 is 2.31 bits per heavy atom. The van der Waals surface area contributed by atoms with Crippen LogP contribution in [-0.4, -0.2) is 31.2 Å². The van der Waals surface area contributed by atoms with E-state index in [1.54, 1.807) is 0 Å². The Morgan fingerprint density at radius 2 is 1.69 bits per heavy atom. The molecule has 16 heavy (non-hydrogen) atoms. The molecule has 0 saturated heterocycles. The lowest BCUT2D eigenvalue weighted by Crippen LogP contribution is -2.42. The summed E-state index contributed by atoms with van der Waals surface area (Å²) in [6.45, 7) is 0. The van der Waals surface area contributed by atoms with Crippen LogP contribution in [0.1, 0.15) is 32.1 Å². The second-order valence-corrected chi connectivity index (χ2v) is 4.62. The minimum atomic E-state index is -0.160. The van der Waals surface area contributed by atoms with Gasteiger partial charge in [-0.1, -0.05) is 0 Å². The van der Waals surface area contributed by atoms with Crippen LogP contribution in [0.15, 0.2) is 0 Å². The van der Waals surface area contributed by atoms with E-state index in [1.807, 2.05) is 0 Å². The Kier molecular flexibility index (Phi) is 3.31. The molecule has 2 aliphatic rings. The molecule has 0 radical (unpaired) electrons. The number of hydrogen-bond donors (Lipinski definition) is 2. The predicted octanol–water partition coefficient (Wildman–Crippen LogP) is 0.790. The summed E-state index contributed by atoms with van der Waals surface area (Å²) >= 11 is 0. The Hall–Kier alpha value is -1.26. The lowest BCUT2D eigenvalue weighted by molar-refractivity contribution is -0.145. The van der Waals surface area contributed by atoms with Crippen molar-refractivity contribution in [2.24, 2.45) is 5.92 Å². The monoisotopic (exact) mass is 226 g/mol. The maximum Gasteiger partial charge on any atom is 0.315 e. The summed E-state index contributed by atoms with van der Waals surface area (Å²) in [5.41, 5.74) is 0. The van der Waals surface area contributed by atoms with Gasteiger partial charge in [0, 0.05) is 12.1 Å². The van der Waals surface area contributed by atoms with Crippen LogP contribution in [0, 0.1) is 5.92 Å². The van der Waals surface area contributed by atoms with E-state index in [-0.39, 0.29) is 24.0 Å². The highest BCUT2D eigenvalue weighted by molar-refractivity contribution is 5.76. The van der Waals surface area contributed by atoms with Crippen molar-refractivity contribution in [1.82, 2.24) is 10.6 Å². The average Bonchev–Trinajstić information content (AvgIpc) is 2.94. The van der Waals surface area contributed by atoms with E-state index in [0.29, 0.717) is 12.5 Å². The van der Waals surface area contributed by atoms with E-state index in [2.05, 4.69) is 10.6 Å². The van der Waals surface area contributed by atoms with Crippen molar-refractivity contribution >= 4 is 12.0 Å². The summed E-state index contributed by atoms with van der Waals surface area (Å²) in [4.78, 5) is 22.7. The molecular weight excluding hydrogens is 208 g/mol. The van der Waals surface area contributed by atoms with Crippen LogP contribution in [-0.2, 0) is 9.53 Å². The van der Waals surface area contributed by atoms with Gasteiger partial charge in [0.05, 0.1) is 13.0 Å². The topological polar surface area (TPSA) is 67.4 Å². The fraction of sp³-hybridized carbons (Fsp3) is 0.818. The highest BCUT2D eigenvalue weighted by Gasteiger charge is 2.32. The van der Waals surface area contributed by atoms with Gasteiger partial charge >= 0.3 is 12.0 Å². The van der Waals surface area contributed by atoms with Crippen molar-refractivity contribution < 1.29 is 14.3 Å². The third-order valence-electron chi connectivity index (χ3n) is 3.21. The number of carbonyl (C=O) groups is 2. The third kappa shape index (κ3) is 2.87. The Balaban J connectivity index is 1.71. The molecule has 2 N–H and O–H groups in total. The molecule has 0 spiro atoms. The van der Waals surface area contributed by atoms with E-state index in [9.17, 15) is 9.59 Å². The number of ether oxygens (including phenoxy) is 1. The Bertz CT molecular complexity index is 289. The summed E-state index contributed by atoms with van der Waals surface area (Å²) in [6.07, 6.45) is 4.54. The minimum absolute atomic E-state index is 0.0452. The van der Waals surface area contributed by atoms with Gasteiger partial charge in [-0.25, -0.2) is 4.79 Å². The first kappa shape index (κ1) is 11.2. The van der Waals surface area contributed by atoms with Crippen LogP contribution in [0.4, 0.5) is 4.79 Å². The molecule has 90 valence electrons. The zero-order valence-electron chi connectivity index (χ0n) is 9.49. The van der Waals surface area contributed by atoms with Crippen molar-refractivity contribution in [2.45, 2.75) is 44.2 Å². The van der Waals surface area contributed by atoms with Gasteiger partial charge < -0.3 is 15.4 Å². The molecule has 5 nitrogen and oxygen atoms in total. The molecule has 5 heteroatoms. The summed E-state index contributed by atoms with van der Waals surface area (Å²) in [5.74, 6) is -0.205. The highest BCUT2D eigenvalue weighted by atomic mass is 16.5. The average molecular weight is 226 g/mol. The van der Waals surface area contributed by atoms with Crippen LogP contribution in [0.25, 0.3) is 0 Å². The molecule has 0 aromatic rings. The molecule has 2 fully saturated rings. The van der Waals surface area contributed by atoms with Crippen molar-refractivity contribution in [1.29, 1.82) is 0 Å². The number of rotatable bonds is 3. The molecule has 0 heterocycles. The van der Waals surface area contributed by atoms with Crippen LogP contribution >= 0.6 is 0 Å². The molecular formula is C11H18N2O3. The standard InChI is InChI=1S/C11H18N2O3/c1-16-10(14)7-2-3-9(6-7)13-11(15)12-8-4-5-8/h7-9H,2-6H2,1H3,(H2,12,13,15)/t7-,9+/m0/s1. The maximum atomic E-state index is 11.5. The lowest BCUT2D eigenvalue weighted by atomic mass is 10.1. The van der Waals surface area contributed by atoms with Crippen molar-refractivity contribution in [3.8, 4) is 0 Å². The molecule has 0 aliphatic heterocycles. The quantitative estimate of drug-likeness (QED) is 0.699. The predicted molar refractivity (Wildman–Crippen MR) is 57.8 cm³/mol. The van der Waals surface area contributed by atoms with Gasteiger partial charge in [0.15, 0.2) is 0 Å². The lowest BCUT2D eigenvalue weighted by Gasteiger charge is -2.13. The summed E-state index contributed by atoms with van der Waals surface area (Å²) in [7, 11) is 1.41. The molecule has 0 bridgehead atoms. The fourth-order valence-electron chi connectivity index (χ4n) is 2.13. The summed E-state index contributed by atoms with van der Waals surface area (Å²) < 4.78 is 4.69. The van der Waals surface area contributed by atoms with Crippen molar-refractivity contribution in [3.63, 3.8) is 0 Å². The van der Waals surface area contributed by atoms with Gasteiger partial charge in [0.2, 0.25) is 0 Å². The number of amides is 2. The fourth-order valence-corrected chi connectivity index (χ4v) is 2.13. The normalized spacial score (nSPS) is 28.6. The second kappa shape index (κ2) is 4.72. The summed E-state index contributed by atoms with van der Waals surface area (Å²) in [6, 6.07) is 0.388. The number of urea groups is 1. The van der Waals surface area contributed by atoms with E-state index >= 15 is 0 Å². The van der Waals surface area contributed by atoms with Gasteiger partial charge in [0.1, 0.15) is 0 Å². The van der Waals surface area contributed by atoms with E-state index < -0.39 is 0 Å². The number of hydrogen-bond acceptors (Lipinski definition) is 3. The number of carbonyl (C=O) groups excluding carboxylic acids is 2. The zero-order valence-corrected chi connectivity index (χ0v) is 9.49. The Labute approximate surface area is 94.9 Å². The number of nitrogens with one attached hydrogen (secondary N) is 2. The Morgan fingerprint density at radius 1 is 1.06 bits per heavy atom. The van der Waals surface area contributed by atoms with Gasteiger partial charge in [-0.15, -0.1) is 0 Å². The van der Waals surface area contributed by atoms with E-state index in [1.165, 1.54) is 7.11 Å². The van der Waals surface area contributed by atoms with Crippen LogP contribution < -0.4 is 10.6 Å². The minimum Gasteiger partial charge on any atom is -0.469 e. The first-order valence-electron chi connectivity index (χ1n) is 5.84. The molecule has 0 unspecified atom stereocenters. The molecule has 2 amide bonds. The maximum absolute atomic E-state index is 11.5. The van der Waals surface area contributed by atoms with Crippen LogP contribution in [0.2, 0.25) is 0 Å². The molecule has 0 aromatic carbocycles. The van der Waals surface area contributed by atoms with Gasteiger partial charge in [-0.2, -0.15) is 0 Å². The van der Waals surface area contributed by atoms with Gasteiger partial charge in [0.25, 0.3) is 0 Å². The van der Waals surface area contributed by atoms with Gasteiger partial charge in [-0.3, -0.25) is 4.79 Å². The van der Waals surface area contributed by atoms with Crippen molar-refractivity contribution in [2.75, 3.05) is 7.11 Å². The number of esters is 1. The number of methoxy groups -OCH3 is 1. The third-order valence-corrected chi connectivity index (χ3v) is 3.21. The first-order chi connectivity index (χ1) is 7.69. The van der Waals surface area contributed by atoms with Crippen molar-refractivity contribution in [3.05, 3.63) is 0 Å². The largest absolute Gasteiger partial charge is 0.469 e.